The molecule has 1 nitrogen and oxygen atoms in total. The second-order valence-electron chi connectivity index (χ2n) is 10.3. The van der Waals surface area contributed by atoms with Crippen molar-refractivity contribution in [1.29, 1.82) is 0 Å². The molecule has 3 saturated carbocycles. The van der Waals surface area contributed by atoms with Crippen LogP contribution in [-0.4, -0.2) is 18.4 Å². The molecule has 2 heteroatoms. The van der Waals surface area contributed by atoms with E-state index >= 15 is 0 Å². The van der Waals surface area contributed by atoms with Crippen molar-refractivity contribution < 1.29 is 9.13 Å². The summed E-state index contributed by atoms with van der Waals surface area (Å²) in [6.07, 6.45) is 18.6. The van der Waals surface area contributed by atoms with E-state index in [0.717, 1.165) is 37.5 Å². The van der Waals surface area contributed by atoms with Crippen molar-refractivity contribution in [3.8, 4) is 11.8 Å². The SMILES string of the molecule is CCCCC1CCC(OC2CCC(C#CC3CCC(CCC)CC3)CC2F)CC1. The first-order chi connectivity index (χ1) is 14.2. The molecular weight excluding hydrogens is 359 g/mol. The van der Waals surface area contributed by atoms with Gasteiger partial charge in [-0.15, -0.1) is 0 Å². The van der Waals surface area contributed by atoms with E-state index in [9.17, 15) is 4.39 Å². The van der Waals surface area contributed by atoms with Crippen molar-refractivity contribution in [3.63, 3.8) is 0 Å². The number of ether oxygens (including phenoxy) is 1. The third kappa shape index (κ3) is 7.57. The minimum atomic E-state index is -0.818. The van der Waals surface area contributed by atoms with Crippen molar-refractivity contribution in [2.45, 2.75) is 135 Å². The molecule has 0 aromatic rings. The van der Waals surface area contributed by atoms with Crippen LogP contribution in [0.25, 0.3) is 0 Å². The van der Waals surface area contributed by atoms with Crippen LogP contribution in [-0.2, 0) is 4.74 Å². The zero-order valence-corrected chi connectivity index (χ0v) is 19.1. The van der Waals surface area contributed by atoms with Gasteiger partial charge in [0.15, 0.2) is 0 Å². The lowest BCUT2D eigenvalue weighted by Gasteiger charge is -2.35. The molecule has 0 heterocycles. The zero-order chi connectivity index (χ0) is 20.5. The van der Waals surface area contributed by atoms with Gasteiger partial charge in [-0.25, -0.2) is 4.39 Å². The summed E-state index contributed by atoms with van der Waals surface area (Å²) >= 11 is 0. The third-order valence-electron chi connectivity index (χ3n) is 7.87. The van der Waals surface area contributed by atoms with Gasteiger partial charge in [0.25, 0.3) is 0 Å². The van der Waals surface area contributed by atoms with Gasteiger partial charge in [-0.1, -0.05) is 57.8 Å². The Bertz CT molecular complexity index is 504. The largest absolute Gasteiger partial charge is 0.372 e. The maximum Gasteiger partial charge on any atom is 0.127 e. The molecule has 0 amide bonds. The van der Waals surface area contributed by atoms with Crippen LogP contribution < -0.4 is 0 Å². The Hall–Kier alpha value is -0.550. The number of alkyl halides is 1. The summed E-state index contributed by atoms with van der Waals surface area (Å²) in [5, 5.41) is 0. The predicted molar refractivity (Wildman–Crippen MR) is 121 cm³/mol. The van der Waals surface area contributed by atoms with Crippen LogP contribution in [0.1, 0.15) is 117 Å². The van der Waals surface area contributed by atoms with E-state index < -0.39 is 6.17 Å². The van der Waals surface area contributed by atoms with Gasteiger partial charge in [0.05, 0.1) is 12.2 Å². The fraction of sp³-hybridized carbons (Fsp3) is 0.926. The van der Waals surface area contributed by atoms with Crippen LogP contribution in [0.4, 0.5) is 4.39 Å². The molecule has 3 fully saturated rings. The van der Waals surface area contributed by atoms with Crippen LogP contribution in [0, 0.1) is 35.5 Å². The Balaban J connectivity index is 1.35. The molecule has 0 bridgehead atoms. The van der Waals surface area contributed by atoms with E-state index in [1.807, 2.05) is 0 Å². The summed E-state index contributed by atoms with van der Waals surface area (Å²) in [5.74, 6) is 9.65. The van der Waals surface area contributed by atoms with Crippen LogP contribution in [0.2, 0.25) is 0 Å². The molecule has 0 spiro atoms. The number of halogens is 1. The minimum absolute atomic E-state index is 0.172. The Labute approximate surface area is 179 Å². The van der Waals surface area contributed by atoms with Gasteiger partial charge < -0.3 is 4.74 Å². The summed E-state index contributed by atoms with van der Waals surface area (Å²) in [7, 11) is 0. The molecule has 3 rings (SSSR count). The van der Waals surface area contributed by atoms with Gasteiger partial charge >= 0.3 is 0 Å². The maximum absolute atomic E-state index is 14.8. The van der Waals surface area contributed by atoms with Gasteiger partial charge in [0, 0.05) is 11.8 Å². The second kappa shape index (κ2) is 12.3. The van der Waals surface area contributed by atoms with E-state index in [0.29, 0.717) is 18.4 Å². The Morgan fingerprint density at radius 1 is 0.724 bits per heavy atom. The van der Waals surface area contributed by atoms with E-state index in [-0.39, 0.29) is 12.0 Å². The molecule has 0 aromatic heterocycles. The van der Waals surface area contributed by atoms with Crippen molar-refractivity contribution in [1.82, 2.24) is 0 Å². The monoisotopic (exact) mass is 404 g/mol. The lowest BCUT2D eigenvalue weighted by atomic mass is 9.79. The predicted octanol–water partition coefficient (Wildman–Crippen LogP) is 7.87. The second-order valence-corrected chi connectivity index (χ2v) is 10.3. The van der Waals surface area contributed by atoms with E-state index in [1.165, 1.54) is 70.6 Å². The fourth-order valence-electron chi connectivity index (χ4n) is 5.91. The standard InChI is InChI=1S/C27H45FO/c1-3-5-7-22-14-17-25(18-15-22)29-27-19-16-24(20-26(27)28)13-12-23-10-8-21(6-4-2)9-11-23/h21-27H,3-11,14-20H2,1-2H3. The number of unbranched alkanes of at least 4 members (excludes halogenated alkanes) is 1. The van der Waals surface area contributed by atoms with Crippen molar-refractivity contribution in [3.05, 3.63) is 0 Å². The molecule has 0 radical (unpaired) electrons. The quantitative estimate of drug-likeness (QED) is 0.392. The first-order valence-electron chi connectivity index (χ1n) is 13.0. The van der Waals surface area contributed by atoms with Crippen LogP contribution in [0.15, 0.2) is 0 Å². The summed E-state index contributed by atoms with van der Waals surface area (Å²) in [6, 6.07) is 0. The molecular formula is C27H45FO. The average Bonchev–Trinajstić information content (AvgIpc) is 2.75. The maximum atomic E-state index is 14.8. The average molecular weight is 405 g/mol. The molecule has 166 valence electrons. The number of rotatable bonds is 7. The first-order valence-corrected chi connectivity index (χ1v) is 13.0. The zero-order valence-electron chi connectivity index (χ0n) is 19.1. The molecule has 0 aromatic carbocycles. The summed E-state index contributed by atoms with van der Waals surface area (Å²) in [6.45, 7) is 4.56. The molecule has 3 atom stereocenters. The number of hydrogen-bond acceptors (Lipinski definition) is 1. The van der Waals surface area contributed by atoms with Gasteiger partial charge in [-0.05, 0) is 82.5 Å². The van der Waals surface area contributed by atoms with Crippen LogP contribution in [0.5, 0.6) is 0 Å². The lowest BCUT2D eigenvalue weighted by molar-refractivity contribution is -0.0880. The van der Waals surface area contributed by atoms with Crippen molar-refractivity contribution in [2.75, 3.05) is 0 Å². The van der Waals surface area contributed by atoms with Gasteiger partial charge in [0.1, 0.15) is 6.17 Å². The highest BCUT2D eigenvalue weighted by molar-refractivity contribution is 5.10. The number of hydrogen-bond donors (Lipinski definition) is 0. The highest BCUT2D eigenvalue weighted by Crippen LogP contribution is 2.35. The van der Waals surface area contributed by atoms with Gasteiger partial charge in [-0.3, -0.25) is 0 Å². The van der Waals surface area contributed by atoms with Crippen molar-refractivity contribution in [2.24, 2.45) is 23.7 Å². The smallest absolute Gasteiger partial charge is 0.127 e. The topological polar surface area (TPSA) is 9.23 Å². The van der Waals surface area contributed by atoms with Crippen molar-refractivity contribution >= 4 is 0 Å². The summed E-state index contributed by atoms with van der Waals surface area (Å²) in [4.78, 5) is 0. The molecule has 3 aliphatic rings. The lowest BCUT2D eigenvalue weighted by Crippen LogP contribution is -2.37. The Morgan fingerprint density at radius 2 is 1.34 bits per heavy atom. The summed E-state index contributed by atoms with van der Waals surface area (Å²) in [5.41, 5.74) is 0. The van der Waals surface area contributed by atoms with E-state index in [1.54, 1.807) is 0 Å². The molecule has 0 aliphatic heterocycles. The summed E-state index contributed by atoms with van der Waals surface area (Å²) < 4.78 is 21.1. The Kier molecular flexibility index (Phi) is 9.84. The first kappa shape index (κ1) is 23.1. The molecule has 0 saturated heterocycles. The highest BCUT2D eigenvalue weighted by atomic mass is 19.1. The molecule has 3 aliphatic carbocycles. The third-order valence-corrected chi connectivity index (χ3v) is 7.87. The van der Waals surface area contributed by atoms with E-state index in [4.69, 9.17) is 4.74 Å². The van der Waals surface area contributed by atoms with E-state index in [2.05, 4.69) is 25.7 Å². The molecule has 0 N–H and O–H groups in total. The van der Waals surface area contributed by atoms with Crippen LogP contribution in [0.3, 0.4) is 0 Å². The van der Waals surface area contributed by atoms with Gasteiger partial charge in [0.2, 0.25) is 0 Å². The molecule has 3 unspecified atom stereocenters. The normalized spacial score (nSPS) is 38.2. The minimum Gasteiger partial charge on any atom is -0.372 e. The Morgan fingerprint density at radius 3 is 2.00 bits per heavy atom. The highest BCUT2D eigenvalue weighted by Gasteiger charge is 2.33. The fourth-order valence-corrected chi connectivity index (χ4v) is 5.91. The van der Waals surface area contributed by atoms with Crippen LogP contribution >= 0.6 is 0 Å². The van der Waals surface area contributed by atoms with Gasteiger partial charge in [-0.2, -0.15) is 0 Å². The molecule has 29 heavy (non-hydrogen) atoms.